The van der Waals surface area contributed by atoms with Crippen molar-refractivity contribution >= 4 is 17.6 Å². The molecule has 1 aliphatic heterocycles. The van der Waals surface area contributed by atoms with Gasteiger partial charge in [-0.15, -0.1) is 0 Å². The molecule has 114 valence electrons. The monoisotopic (exact) mass is 294 g/mol. The number of piperidine rings is 1. The largest absolute Gasteiger partial charge is 0.481 e. The average Bonchev–Trinajstić information content (AvgIpc) is 2.45. The lowest BCUT2D eigenvalue weighted by Gasteiger charge is -2.37. The number of carboxylic acid groups (broad SMARTS) is 1. The smallest absolute Gasteiger partial charge is 0.303 e. The molecular weight excluding hydrogens is 275 g/mol. The number of carboxylic acids is 1. The van der Waals surface area contributed by atoms with E-state index in [4.69, 9.17) is 10.8 Å². The second-order valence-corrected chi connectivity index (χ2v) is 5.31. The molecule has 2 rings (SSSR count). The summed E-state index contributed by atoms with van der Waals surface area (Å²) in [5.41, 5.74) is 5.68. The minimum absolute atomic E-state index is 0.0174. The number of nitrogens with zero attached hydrogens (tertiary/aromatic N) is 1. The molecule has 1 saturated heterocycles. The first kappa shape index (κ1) is 15.3. The quantitative estimate of drug-likeness (QED) is 0.871. The third kappa shape index (κ3) is 3.71. The van der Waals surface area contributed by atoms with E-state index in [2.05, 4.69) is 0 Å². The number of amides is 1. The number of benzene rings is 1. The van der Waals surface area contributed by atoms with Gasteiger partial charge in [-0.05, 0) is 43.9 Å². The van der Waals surface area contributed by atoms with Crippen molar-refractivity contribution in [1.82, 2.24) is 0 Å². The highest BCUT2D eigenvalue weighted by Gasteiger charge is 2.25. The van der Waals surface area contributed by atoms with Gasteiger partial charge in [-0.1, -0.05) is 0 Å². The molecule has 0 saturated carbocycles. The van der Waals surface area contributed by atoms with Gasteiger partial charge in [0.25, 0.3) is 0 Å². The van der Waals surface area contributed by atoms with Gasteiger partial charge in [0.2, 0.25) is 5.91 Å². The summed E-state index contributed by atoms with van der Waals surface area (Å²) in [6, 6.07) is 4.21. The first-order chi connectivity index (χ1) is 9.99. The lowest BCUT2D eigenvalue weighted by molar-refractivity contribution is -0.137. The van der Waals surface area contributed by atoms with Gasteiger partial charge in [-0.2, -0.15) is 0 Å². The molecule has 0 aliphatic carbocycles. The van der Waals surface area contributed by atoms with Crippen molar-refractivity contribution in [2.45, 2.75) is 38.1 Å². The molecule has 1 aromatic rings. The van der Waals surface area contributed by atoms with E-state index < -0.39 is 17.7 Å². The number of rotatable bonds is 5. The minimum atomic E-state index is -0.843. The highest BCUT2D eigenvalue weighted by atomic mass is 19.1. The van der Waals surface area contributed by atoms with Crippen molar-refractivity contribution in [3.8, 4) is 0 Å². The van der Waals surface area contributed by atoms with Crippen molar-refractivity contribution in [3.05, 3.63) is 29.6 Å². The maximum Gasteiger partial charge on any atom is 0.303 e. The summed E-state index contributed by atoms with van der Waals surface area (Å²) in [5, 5.41) is 8.81. The Hall–Kier alpha value is -2.11. The van der Waals surface area contributed by atoms with E-state index >= 15 is 0 Å². The summed E-state index contributed by atoms with van der Waals surface area (Å²) in [6.07, 6.45) is 3.38. The Morgan fingerprint density at radius 1 is 1.38 bits per heavy atom. The van der Waals surface area contributed by atoms with E-state index in [-0.39, 0.29) is 18.0 Å². The van der Waals surface area contributed by atoms with Gasteiger partial charge in [0.05, 0.1) is 5.69 Å². The second kappa shape index (κ2) is 6.56. The van der Waals surface area contributed by atoms with Crippen molar-refractivity contribution in [1.29, 1.82) is 0 Å². The third-order valence-electron chi connectivity index (χ3n) is 3.86. The van der Waals surface area contributed by atoms with Crippen LogP contribution >= 0.6 is 0 Å². The molecule has 0 aromatic heterocycles. The Morgan fingerprint density at radius 3 is 2.76 bits per heavy atom. The molecule has 1 atom stereocenters. The van der Waals surface area contributed by atoms with Crippen molar-refractivity contribution in [2.75, 3.05) is 11.4 Å². The number of hydrogen-bond acceptors (Lipinski definition) is 3. The number of carbonyl (C=O) groups excluding carboxylic acids is 1. The number of hydrogen-bond donors (Lipinski definition) is 2. The first-order valence-corrected chi connectivity index (χ1v) is 7.07. The summed E-state index contributed by atoms with van der Waals surface area (Å²) in [4.78, 5) is 23.7. The highest BCUT2D eigenvalue weighted by molar-refractivity contribution is 5.93. The van der Waals surface area contributed by atoms with E-state index in [1.165, 1.54) is 6.07 Å². The zero-order valence-corrected chi connectivity index (χ0v) is 11.7. The molecule has 1 fully saturated rings. The van der Waals surface area contributed by atoms with Gasteiger partial charge in [0.1, 0.15) is 5.82 Å². The summed E-state index contributed by atoms with van der Waals surface area (Å²) in [7, 11) is 0. The molecule has 3 N–H and O–H groups in total. The SMILES string of the molecule is NC(=O)c1ccc(N2CCCCC2CCC(=O)O)c(F)c1. The number of carbonyl (C=O) groups is 2. The van der Waals surface area contributed by atoms with Crippen LogP contribution in [0.1, 0.15) is 42.5 Å². The van der Waals surface area contributed by atoms with Crippen LogP contribution in [0.5, 0.6) is 0 Å². The summed E-state index contributed by atoms with van der Waals surface area (Å²) in [6.45, 7) is 0.692. The number of nitrogens with two attached hydrogens (primary N) is 1. The number of aliphatic carboxylic acids is 1. The fourth-order valence-corrected chi connectivity index (χ4v) is 2.80. The molecule has 5 nitrogen and oxygen atoms in total. The molecule has 1 amide bonds. The maximum absolute atomic E-state index is 14.2. The Kier molecular flexibility index (Phi) is 4.77. The van der Waals surface area contributed by atoms with Gasteiger partial charge in [-0.25, -0.2) is 4.39 Å². The van der Waals surface area contributed by atoms with Crippen LogP contribution in [-0.2, 0) is 4.79 Å². The molecule has 1 heterocycles. The third-order valence-corrected chi connectivity index (χ3v) is 3.86. The molecule has 1 aromatic carbocycles. The molecule has 1 aliphatic rings. The topological polar surface area (TPSA) is 83.6 Å². The molecule has 6 heteroatoms. The summed E-state index contributed by atoms with van der Waals surface area (Å²) < 4.78 is 14.2. The van der Waals surface area contributed by atoms with Crippen molar-refractivity contribution in [2.24, 2.45) is 5.73 Å². The van der Waals surface area contributed by atoms with Crippen LogP contribution in [0.25, 0.3) is 0 Å². The van der Waals surface area contributed by atoms with Crippen LogP contribution in [0.15, 0.2) is 18.2 Å². The minimum Gasteiger partial charge on any atom is -0.481 e. The van der Waals surface area contributed by atoms with Gasteiger partial charge >= 0.3 is 5.97 Å². The zero-order valence-electron chi connectivity index (χ0n) is 11.7. The van der Waals surface area contributed by atoms with Gasteiger partial charge in [0, 0.05) is 24.6 Å². The molecular formula is C15H19FN2O3. The van der Waals surface area contributed by atoms with Gasteiger partial charge in [-0.3, -0.25) is 9.59 Å². The van der Waals surface area contributed by atoms with E-state index in [0.717, 1.165) is 25.3 Å². The molecule has 0 radical (unpaired) electrons. The molecule has 21 heavy (non-hydrogen) atoms. The fraction of sp³-hybridized carbons (Fsp3) is 0.467. The van der Waals surface area contributed by atoms with Gasteiger partial charge < -0.3 is 15.7 Å². The predicted octanol–water partition coefficient (Wildman–Crippen LogP) is 2.15. The highest BCUT2D eigenvalue weighted by Crippen LogP contribution is 2.29. The number of primary amides is 1. The number of halogens is 1. The van der Waals surface area contributed by atoms with Crippen LogP contribution < -0.4 is 10.6 Å². The zero-order chi connectivity index (χ0) is 15.4. The Morgan fingerprint density at radius 2 is 2.14 bits per heavy atom. The van der Waals surface area contributed by atoms with E-state index in [0.29, 0.717) is 18.7 Å². The standard InChI is InChI=1S/C15H19FN2O3/c16-12-9-10(15(17)21)4-6-13(12)18-8-2-1-3-11(18)5-7-14(19)20/h4,6,9,11H,1-3,5,7-8H2,(H2,17,21)(H,19,20). The number of anilines is 1. The Labute approximate surface area is 122 Å². The summed E-state index contributed by atoms with van der Waals surface area (Å²) in [5.74, 6) is -2.00. The maximum atomic E-state index is 14.2. The van der Waals surface area contributed by atoms with E-state index in [1.807, 2.05) is 4.90 Å². The van der Waals surface area contributed by atoms with Crippen LogP contribution in [0, 0.1) is 5.82 Å². The Bertz CT molecular complexity index is 548. The van der Waals surface area contributed by atoms with Crippen molar-refractivity contribution in [3.63, 3.8) is 0 Å². The lowest BCUT2D eigenvalue weighted by atomic mass is 9.97. The Balaban J connectivity index is 2.20. The first-order valence-electron chi connectivity index (χ1n) is 7.07. The van der Waals surface area contributed by atoms with Crippen LogP contribution in [0.2, 0.25) is 0 Å². The average molecular weight is 294 g/mol. The predicted molar refractivity (Wildman–Crippen MR) is 76.8 cm³/mol. The van der Waals surface area contributed by atoms with Crippen LogP contribution in [0.4, 0.5) is 10.1 Å². The van der Waals surface area contributed by atoms with Crippen LogP contribution in [-0.4, -0.2) is 29.6 Å². The molecule has 1 unspecified atom stereocenters. The van der Waals surface area contributed by atoms with Crippen LogP contribution in [0.3, 0.4) is 0 Å². The van der Waals surface area contributed by atoms with E-state index in [9.17, 15) is 14.0 Å². The van der Waals surface area contributed by atoms with Crippen molar-refractivity contribution < 1.29 is 19.1 Å². The second-order valence-electron chi connectivity index (χ2n) is 5.31. The van der Waals surface area contributed by atoms with Gasteiger partial charge in [0.15, 0.2) is 0 Å². The fourth-order valence-electron chi connectivity index (χ4n) is 2.80. The summed E-state index contributed by atoms with van der Waals surface area (Å²) >= 11 is 0. The lowest BCUT2D eigenvalue weighted by Crippen LogP contribution is -2.40. The van der Waals surface area contributed by atoms with E-state index in [1.54, 1.807) is 6.07 Å². The molecule has 0 bridgehead atoms. The molecule has 0 spiro atoms. The normalized spacial score (nSPS) is 18.5.